The number of halogens is 3. The molecule has 0 aliphatic heterocycles. The number of aryl methyl sites for hydroxylation is 1. The first kappa shape index (κ1) is 13.8. The molecular weight excluding hydrogens is 231 g/mol. The molecule has 0 spiro atoms. The Kier molecular flexibility index (Phi) is 4.37. The van der Waals surface area contributed by atoms with E-state index in [9.17, 15) is 13.2 Å². The van der Waals surface area contributed by atoms with Crippen LogP contribution in [-0.2, 0) is 0 Å². The molecule has 1 fully saturated rings. The van der Waals surface area contributed by atoms with Crippen molar-refractivity contribution in [3.05, 3.63) is 23.6 Å². The number of nitrogens with zero attached hydrogens (tertiary/aromatic N) is 1. The van der Waals surface area contributed by atoms with Gasteiger partial charge in [0.1, 0.15) is 6.10 Å². The van der Waals surface area contributed by atoms with E-state index in [0.29, 0.717) is 5.56 Å². The fourth-order valence-corrected chi connectivity index (χ4v) is 1.46. The van der Waals surface area contributed by atoms with Crippen molar-refractivity contribution in [2.75, 3.05) is 0 Å². The van der Waals surface area contributed by atoms with Gasteiger partial charge in [0, 0.05) is 19.0 Å². The van der Waals surface area contributed by atoms with Crippen LogP contribution in [0.3, 0.4) is 0 Å². The molecule has 1 aliphatic carbocycles. The smallest absolute Gasteiger partial charge is 0.255 e. The average Bonchev–Trinajstić information content (AvgIpc) is 2.22. The van der Waals surface area contributed by atoms with Crippen LogP contribution in [0.4, 0.5) is 13.2 Å². The maximum Gasteiger partial charge on any atom is 0.255 e. The molecule has 0 unspecified atom stereocenters. The van der Waals surface area contributed by atoms with E-state index in [4.69, 9.17) is 4.74 Å². The number of ether oxygens (including phenoxy) is 1. The van der Waals surface area contributed by atoms with Gasteiger partial charge in [-0.1, -0.05) is 13.8 Å². The lowest BCUT2D eigenvalue weighted by Crippen LogP contribution is -2.43. The first-order chi connectivity index (χ1) is 7.96. The summed E-state index contributed by atoms with van der Waals surface area (Å²) in [5.41, 5.74) is 0.666. The summed E-state index contributed by atoms with van der Waals surface area (Å²) in [6.07, 6.45) is 0.101. The van der Waals surface area contributed by atoms with Crippen LogP contribution in [0, 0.1) is 12.7 Å². The summed E-state index contributed by atoms with van der Waals surface area (Å²) in [6, 6.07) is 1.26. The van der Waals surface area contributed by atoms with Gasteiger partial charge in [-0.3, -0.25) is 0 Å². The Labute approximate surface area is 98.8 Å². The van der Waals surface area contributed by atoms with E-state index in [1.807, 2.05) is 13.8 Å². The molecular formula is C12H16F3NO. The van der Waals surface area contributed by atoms with Crippen LogP contribution in [0.15, 0.2) is 12.3 Å². The first-order valence-electron chi connectivity index (χ1n) is 5.63. The number of pyridine rings is 1. The zero-order valence-corrected chi connectivity index (χ0v) is 10.1. The molecule has 1 heterocycles. The van der Waals surface area contributed by atoms with Crippen LogP contribution in [0.5, 0.6) is 5.88 Å². The third-order valence-electron chi connectivity index (χ3n) is 2.28. The third-order valence-corrected chi connectivity index (χ3v) is 2.28. The Bertz CT molecular complexity index is 374. The molecule has 2 rings (SSSR count). The number of aromatic nitrogens is 1. The monoisotopic (exact) mass is 247 g/mol. The Hall–Kier alpha value is -1.26. The highest BCUT2D eigenvalue weighted by atomic mass is 19.3. The first-order valence-corrected chi connectivity index (χ1v) is 5.63. The Morgan fingerprint density at radius 1 is 1.35 bits per heavy atom. The standard InChI is InChI=1S/C10H10F3NO.C2H6/c1-6-2-8(11)9(14-5-6)15-7-3-10(12,13)4-7;1-2/h2,5,7H,3-4H2,1H3;1-2H3. The molecule has 0 radical (unpaired) electrons. The molecule has 0 atom stereocenters. The quantitative estimate of drug-likeness (QED) is 0.794. The van der Waals surface area contributed by atoms with Gasteiger partial charge in [-0.2, -0.15) is 0 Å². The van der Waals surface area contributed by atoms with Crippen LogP contribution in [0.25, 0.3) is 0 Å². The van der Waals surface area contributed by atoms with Crippen LogP contribution < -0.4 is 4.74 Å². The second-order valence-corrected chi connectivity index (χ2v) is 3.80. The van der Waals surface area contributed by atoms with E-state index in [0.717, 1.165) is 0 Å². The largest absolute Gasteiger partial charge is 0.472 e. The van der Waals surface area contributed by atoms with Crippen LogP contribution in [-0.4, -0.2) is 17.0 Å². The van der Waals surface area contributed by atoms with Gasteiger partial charge in [0.05, 0.1) is 0 Å². The fourth-order valence-electron chi connectivity index (χ4n) is 1.46. The number of rotatable bonds is 2. The summed E-state index contributed by atoms with van der Waals surface area (Å²) in [5.74, 6) is -3.46. The summed E-state index contributed by atoms with van der Waals surface area (Å²) in [4.78, 5) is 3.71. The Morgan fingerprint density at radius 3 is 2.41 bits per heavy atom. The number of hydrogen-bond acceptors (Lipinski definition) is 2. The zero-order chi connectivity index (χ0) is 13.1. The lowest BCUT2D eigenvalue weighted by atomic mass is 9.91. The van der Waals surface area contributed by atoms with E-state index in [2.05, 4.69) is 4.98 Å². The summed E-state index contributed by atoms with van der Waals surface area (Å²) in [6.45, 7) is 5.69. The predicted molar refractivity (Wildman–Crippen MR) is 58.9 cm³/mol. The van der Waals surface area contributed by atoms with E-state index in [-0.39, 0.29) is 18.7 Å². The molecule has 0 aromatic carbocycles. The van der Waals surface area contributed by atoms with Crippen molar-refractivity contribution in [1.29, 1.82) is 0 Å². The lowest BCUT2D eigenvalue weighted by Gasteiger charge is -2.34. The van der Waals surface area contributed by atoms with Crippen molar-refractivity contribution in [3.63, 3.8) is 0 Å². The molecule has 1 aromatic rings. The van der Waals surface area contributed by atoms with E-state index >= 15 is 0 Å². The highest BCUT2D eigenvalue weighted by Gasteiger charge is 2.47. The molecule has 1 saturated carbocycles. The Morgan fingerprint density at radius 2 is 1.94 bits per heavy atom. The molecule has 17 heavy (non-hydrogen) atoms. The second kappa shape index (κ2) is 5.38. The molecule has 2 nitrogen and oxygen atoms in total. The minimum atomic E-state index is -2.66. The van der Waals surface area contributed by atoms with Crippen LogP contribution in [0.1, 0.15) is 32.3 Å². The molecule has 96 valence electrons. The number of hydrogen-bond donors (Lipinski definition) is 0. The van der Waals surface area contributed by atoms with Crippen molar-refractivity contribution in [2.45, 2.75) is 45.6 Å². The van der Waals surface area contributed by atoms with Crippen molar-refractivity contribution < 1.29 is 17.9 Å². The molecule has 5 heteroatoms. The van der Waals surface area contributed by atoms with Crippen molar-refractivity contribution in [2.24, 2.45) is 0 Å². The average molecular weight is 247 g/mol. The van der Waals surface area contributed by atoms with Crippen LogP contribution >= 0.6 is 0 Å². The topological polar surface area (TPSA) is 22.1 Å². The summed E-state index contributed by atoms with van der Waals surface area (Å²) < 4.78 is 43.1. The van der Waals surface area contributed by atoms with Crippen LogP contribution in [0.2, 0.25) is 0 Å². The van der Waals surface area contributed by atoms with Crippen molar-refractivity contribution >= 4 is 0 Å². The second-order valence-electron chi connectivity index (χ2n) is 3.80. The van der Waals surface area contributed by atoms with Gasteiger partial charge in [-0.05, 0) is 18.6 Å². The highest BCUT2D eigenvalue weighted by molar-refractivity contribution is 5.19. The summed E-state index contributed by atoms with van der Waals surface area (Å²) in [5, 5.41) is 0. The van der Waals surface area contributed by atoms with Gasteiger partial charge in [0.15, 0.2) is 5.82 Å². The molecule has 1 aliphatic rings. The minimum absolute atomic E-state index is 0.193. The van der Waals surface area contributed by atoms with Crippen molar-refractivity contribution in [3.8, 4) is 5.88 Å². The summed E-state index contributed by atoms with van der Waals surface area (Å²) in [7, 11) is 0. The molecule has 0 bridgehead atoms. The predicted octanol–water partition coefficient (Wildman–Crippen LogP) is 3.73. The molecule has 0 saturated heterocycles. The zero-order valence-electron chi connectivity index (χ0n) is 10.1. The minimum Gasteiger partial charge on any atom is -0.472 e. The van der Waals surface area contributed by atoms with E-state index < -0.39 is 17.8 Å². The van der Waals surface area contributed by atoms with Gasteiger partial charge in [0.2, 0.25) is 0 Å². The van der Waals surface area contributed by atoms with Gasteiger partial charge in [-0.15, -0.1) is 0 Å². The SMILES string of the molecule is CC.Cc1cnc(OC2CC(F)(F)C2)c(F)c1. The van der Waals surface area contributed by atoms with Gasteiger partial charge >= 0.3 is 0 Å². The van der Waals surface area contributed by atoms with Gasteiger partial charge in [0.25, 0.3) is 11.8 Å². The van der Waals surface area contributed by atoms with Gasteiger partial charge in [-0.25, -0.2) is 18.2 Å². The maximum absolute atomic E-state index is 13.2. The molecule has 0 amide bonds. The molecule has 1 aromatic heterocycles. The van der Waals surface area contributed by atoms with E-state index in [1.54, 1.807) is 6.92 Å². The van der Waals surface area contributed by atoms with Crippen molar-refractivity contribution in [1.82, 2.24) is 4.98 Å². The maximum atomic E-state index is 13.2. The van der Waals surface area contributed by atoms with Gasteiger partial charge < -0.3 is 4.74 Å². The Balaban J connectivity index is 0.000000686. The fraction of sp³-hybridized carbons (Fsp3) is 0.583. The number of alkyl halides is 2. The highest BCUT2D eigenvalue weighted by Crippen LogP contribution is 2.39. The normalized spacial score (nSPS) is 17.8. The summed E-state index contributed by atoms with van der Waals surface area (Å²) >= 11 is 0. The lowest BCUT2D eigenvalue weighted by molar-refractivity contribution is -0.136. The third kappa shape index (κ3) is 3.61. The molecule has 0 N–H and O–H groups in total. The van der Waals surface area contributed by atoms with E-state index in [1.165, 1.54) is 12.3 Å².